The summed E-state index contributed by atoms with van der Waals surface area (Å²) in [5, 5.41) is 0.979. The van der Waals surface area contributed by atoms with Crippen LogP contribution in [0, 0.1) is 0 Å². The number of allylic oxidation sites excluding steroid dienone is 1. The number of furan rings is 1. The number of rotatable bonds is 10. The van der Waals surface area contributed by atoms with E-state index in [1.165, 1.54) is 5.57 Å². The van der Waals surface area contributed by atoms with Crippen molar-refractivity contribution in [3.8, 4) is 11.1 Å². The van der Waals surface area contributed by atoms with Crippen LogP contribution < -0.4 is 5.73 Å². The lowest BCUT2D eigenvalue weighted by molar-refractivity contribution is 0.166. The molecule has 0 radical (unpaired) electrons. The van der Waals surface area contributed by atoms with Crippen molar-refractivity contribution in [3.63, 3.8) is 0 Å². The Labute approximate surface area is 215 Å². The zero-order chi connectivity index (χ0) is 26.0. The molecule has 0 amide bonds. The molecule has 1 heterocycles. The van der Waals surface area contributed by atoms with E-state index in [9.17, 15) is 4.39 Å². The predicted octanol–water partition coefficient (Wildman–Crippen LogP) is 8.15. The number of hydrogen-bond acceptors (Lipinski definition) is 5. The Balaban J connectivity index is 0.000000784. The van der Waals surface area contributed by atoms with Gasteiger partial charge in [-0.2, -0.15) is 12.6 Å². The van der Waals surface area contributed by atoms with Crippen molar-refractivity contribution < 1.29 is 18.3 Å². The zero-order valence-corrected chi connectivity index (χ0v) is 22.8. The number of thiol groups is 1. The van der Waals surface area contributed by atoms with Gasteiger partial charge in [-0.05, 0) is 59.9 Å². The summed E-state index contributed by atoms with van der Waals surface area (Å²) in [5.74, 6) is 0.752. The molecule has 35 heavy (non-hydrogen) atoms. The second kappa shape index (κ2) is 13.7. The van der Waals surface area contributed by atoms with Gasteiger partial charge in [0.05, 0.1) is 12.3 Å². The van der Waals surface area contributed by atoms with Crippen molar-refractivity contribution in [2.45, 2.75) is 71.5 Å². The quantitative estimate of drug-likeness (QED) is 0.217. The highest BCUT2D eigenvalue weighted by Gasteiger charge is 2.14. The van der Waals surface area contributed by atoms with E-state index in [1.807, 2.05) is 36.6 Å². The number of hydrogen-bond donors (Lipinski definition) is 2. The van der Waals surface area contributed by atoms with Gasteiger partial charge in [0.1, 0.15) is 31.2 Å². The molecule has 0 spiro atoms. The van der Waals surface area contributed by atoms with Gasteiger partial charge in [-0.1, -0.05) is 52.3 Å². The summed E-state index contributed by atoms with van der Waals surface area (Å²) in [6.07, 6.45) is 3.95. The summed E-state index contributed by atoms with van der Waals surface area (Å²) in [4.78, 5) is 0. The molecule has 0 bridgehead atoms. The highest BCUT2D eigenvalue weighted by molar-refractivity contribution is 7.81. The van der Waals surface area contributed by atoms with Crippen LogP contribution in [0.3, 0.4) is 0 Å². The minimum atomic E-state index is -0.640. The number of ether oxygens (including phenoxy) is 2. The number of halogens is 1. The maximum Gasteiger partial charge on any atom is 0.142 e. The van der Waals surface area contributed by atoms with E-state index in [1.54, 1.807) is 7.11 Å². The normalized spacial score (nSPS) is 12.9. The fraction of sp³-hybridized carbons (Fsp3) is 0.448. The first-order valence-electron chi connectivity index (χ1n) is 12.0. The molecule has 0 aliphatic carbocycles. The number of benzene rings is 2. The Morgan fingerprint density at radius 2 is 1.89 bits per heavy atom. The molecular weight excluding hydrogens is 461 g/mol. The largest absolute Gasteiger partial charge is 0.497 e. The molecule has 1 aromatic heterocycles. The van der Waals surface area contributed by atoms with Gasteiger partial charge in [0.25, 0.3) is 0 Å². The van der Waals surface area contributed by atoms with Crippen LogP contribution >= 0.6 is 12.6 Å². The van der Waals surface area contributed by atoms with E-state index in [0.717, 1.165) is 51.8 Å². The summed E-state index contributed by atoms with van der Waals surface area (Å²) in [5.41, 5.74) is 11.5. The molecule has 4 nitrogen and oxygen atoms in total. The third-order valence-electron chi connectivity index (χ3n) is 4.98. The molecule has 3 aromatic rings. The van der Waals surface area contributed by atoms with Gasteiger partial charge >= 0.3 is 0 Å². The Morgan fingerprint density at radius 1 is 1.17 bits per heavy atom. The summed E-state index contributed by atoms with van der Waals surface area (Å²) >= 11 is 4.12. The molecule has 0 fully saturated rings. The van der Waals surface area contributed by atoms with Crippen LogP contribution in [-0.4, -0.2) is 18.5 Å². The van der Waals surface area contributed by atoms with Crippen molar-refractivity contribution in [1.82, 2.24) is 0 Å². The maximum absolute atomic E-state index is 13.1. The molecule has 6 heteroatoms. The fourth-order valence-corrected chi connectivity index (χ4v) is 3.54. The van der Waals surface area contributed by atoms with E-state index in [4.69, 9.17) is 19.6 Å². The highest BCUT2D eigenvalue weighted by atomic mass is 32.1. The molecule has 2 aromatic carbocycles. The SMILES string of the molecule is CC(C)(C)S.CCC/C(C)=C\OCc1cc(-c2cccc(C(N)CF)c2)c2oc(COC)cc2c1. The molecule has 3 rings (SSSR count). The molecule has 192 valence electrons. The van der Waals surface area contributed by atoms with Gasteiger partial charge in [-0.15, -0.1) is 0 Å². The first-order valence-corrected chi connectivity index (χ1v) is 12.5. The fourth-order valence-electron chi connectivity index (χ4n) is 3.54. The third kappa shape index (κ3) is 9.71. The zero-order valence-electron chi connectivity index (χ0n) is 21.9. The molecule has 0 saturated heterocycles. The monoisotopic (exact) mass is 501 g/mol. The Kier molecular flexibility index (Phi) is 11.3. The first kappa shape index (κ1) is 29.0. The summed E-state index contributed by atoms with van der Waals surface area (Å²) < 4.78 is 30.4. The van der Waals surface area contributed by atoms with Crippen LogP contribution in [0.2, 0.25) is 0 Å². The molecular formula is C29H40FNO3S. The van der Waals surface area contributed by atoms with Gasteiger partial charge in [-0.3, -0.25) is 0 Å². The lowest BCUT2D eigenvalue weighted by Crippen LogP contribution is -2.11. The Morgan fingerprint density at radius 3 is 2.51 bits per heavy atom. The van der Waals surface area contributed by atoms with E-state index in [-0.39, 0.29) is 4.75 Å². The first-order chi connectivity index (χ1) is 16.5. The molecule has 1 unspecified atom stereocenters. The van der Waals surface area contributed by atoms with Crippen LogP contribution in [0.1, 0.15) is 70.4 Å². The Bertz CT molecular complexity index is 1090. The summed E-state index contributed by atoms with van der Waals surface area (Å²) in [6.45, 7) is 10.6. The van der Waals surface area contributed by atoms with Crippen LogP contribution in [0.15, 0.2) is 58.7 Å². The minimum Gasteiger partial charge on any atom is -0.497 e. The molecule has 0 aliphatic rings. The smallest absolute Gasteiger partial charge is 0.142 e. The highest BCUT2D eigenvalue weighted by Crippen LogP contribution is 2.34. The van der Waals surface area contributed by atoms with E-state index < -0.39 is 12.7 Å². The Hall–Kier alpha value is -2.28. The number of methoxy groups -OCH3 is 1. The molecule has 0 aliphatic heterocycles. The number of fused-ring (bicyclic) bond motifs is 1. The summed E-state index contributed by atoms with van der Waals surface area (Å²) in [6, 6.07) is 13.1. The summed E-state index contributed by atoms with van der Waals surface area (Å²) in [7, 11) is 1.64. The molecule has 0 saturated carbocycles. The van der Waals surface area contributed by atoms with Crippen molar-refractivity contribution in [2.75, 3.05) is 13.8 Å². The topological polar surface area (TPSA) is 57.6 Å². The van der Waals surface area contributed by atoms with Crippen LogP contribution in [0.5, 0.6) is 0 Å². The average molecular weight is 502 g/mol. The van der Waals surface area contributed by atoms with E-state index in [0.29, 0.717) is 13.2 Å². The van der Waals surface area contributed by atoms with Crippen molar-refractivity contribution in [1.29, 1.82) is 0 Å². The maximum atomic E-state index is 13.1. The predicted molar refractivity (Wildman–Crippen MR) is 147 cm³/mol. The lowest BCUT2D eigenvalue weighted by Gasteiger charge is -2.12. The van der Waals surface area contributed by atoms with Gasteiger partial charge < -0.3 is 19.6 Å². The minimum absolute atomic E-state index is 0.194. The lowest BCUT2D eigenvalue weighted by atomic mass is 9.97. The molecule has 1 atom stereocenters. The van der Waals surface area contributed by atoms with Gasteiger partial charge in [0.15, 0.2) is 0 Å². The van der Waals surface area contributed by atoms with E-state index in [2.05, 4.69) is 59.4 Å². The van der Waals surface area contributed by atoms with Gasteiger partial charge in [0.2, 0.25) is 0 Å². The third-order valence-corrected chi connectivity index (χ3v) is 4.98. The average Bonchev–Trinajstić information content (AvgIpc) is 3.20. The van der Waals surface area contributed by atoms with Crippen molar-refractivity contribution in [2.24, 2.45) is 5.73 Å². The molecule has 2 N–H and O–H groups in total. The second-order valence-electron chi connectivity index (χ2n) is 9.79. The second-order valence-corrected chi connectivity index (χ2v) is 11.1. The van der Waals surface area contributed by atoms with Crippen LogP contribution in [0.4, 0.5) is 4.39 Å². The number of alkyl halides is 1. The van der Waals surface area contributed by atoms with Crippen LogP contribution in [-0.2, 0) is 22.7 Å². The van der Waals surface area contributed by atoms with E-state index >= 15 is 0 Å². The van der Waals surface area contributed by atoms with Crippen LogP contribution in [0.25, 0.3) is 22.1 Å². The van der Waals surface area contributed by atoms with Crippen molar-refractivity contribution in [3.05, 3.63) is 71.2 Å². The van der Waals surface area contributed by atoms with Crippen molar-refractivity contribution >= 4 is 23.6 Å². The standard InChI is InChI=1S/C25H30FNO3.C4H10S/c1-4-6-17(2)14-29-15-18-9-21-12-22(16-28-3)30-25(21)23(10-18)19-7-5-8-20(11-19)24(27)13-26;1-4(2,3)5/h5,7-12,14,24H,4,6,13,15-16,27H2,1-3H3;5H,1-3H3/b17-14-;. The van der Waals surface area contributed by atoms with Gasteiger partial charge in [-0.25, -0.2) is 4.39 Å². The number of nitrogens with two attached hydrogens (primary N) is 1. The van der Waals surface area contributed by atoms with Gasteiger partial charge in [0, 0.05) is 22.8 Å².